The molecule has 1 aliphatic rings. The van der Waals surface area contributed by atoms with Crippen molar-refractivity contribution in [1.82, 2.24) is 14.8 Å². The number of hydrogen-bond acceptors (Lipinski definition) is 4. The molecule has 7 nitrogen and oxygen atoms in total. The highest BCUT2D eigenvalue weighted by molar-refractivity contribution is 6.06. The van der Waals surface area contributed by atoms with Gasteiger partial charge in [-0.05, 0) is 50.6 Å². The van der Waals surface area contributed by atoms with Crippen molar-refractivity contribution in [2.75, 3.05) is 33.3 Å². The highest BCUT2D eigenvalue weighted by Crippen LogP contribution is 2.26. The summed E-state index contributed by atoms with van der Waals surface area (Å²) in [6.45, 7) is 5.91. The molecule has 0 spiro atoms. The number of amides is 1. The summed E-state index contributed by atoms with van der Waals surface area (Å²) < 4.78 is 5.90. The van der Waals surface area contributed by atoms with Gasteiger partial charge in [0.15, 0.2) is 5.96 Å². The fourth-order valence-corrected chi connectivity index (χ4v) is 3.17. The number of benzene rings is 1. The van der Waals surface area contributed by atoms with Gasteiger partial charge in [-0.3, -0.25) is 20.0 Å². The van der Waals surface area contributed by atoms with E-state index >= 15 is 0 Å². The van der Waals surface area contributed by atoms with Crippen LogP contribution in [-0.4, -0.2) is 59.9 Å². The molecule has 1 amide bonds. The van der Waals surface area contributed by atoms with E-state index in [1.807, 2.05) is 19.1 Å². The third-order valence-corrected chi connectivity index (χ3v) is 4.69. The number of fused-ring (bicyclic) bond motifs is 1. The highest BCUT2D eigenvalue weighted by atomic mass is 16.5. The number of ether oxygens (including phenoxy) is 1. The number of aryl methyl sites for hydroxylation is 1. The molecule has 0 atom stereocenters. The SMILES string of the molecule is Cc1cc(OCCN2CCCC2)cc2[nH]c(C(=O)N(C)C(=N)N)cc12. The van der Waals surface area contributed by atoms with Crippen molar-refractivity contribution in [2.24, 2.45) is 5.73 Å². The lowest BCUT2D eigenvalue weighted by atomic mass is 10.1. The number of rotatable bonds is 5. The van der Waals surface area contributed by atoms with Crippen molar-refractivity contribution >= 4 is 22.8 Å². The molecule has 134 valence electrons. The number of carbonyl (C=O) groups is 1. The number of nitrogens with zero attached hydrogens (tertiary/aromatic N) is 2. The minimum atomic E-state index is -0.334. The number of carbonyl (C=O) groups excluding carboxylic acids is 1. The van der Waals surface area contributed by atoms with Crippen LogP contribution in [0.25, 0.3) is 10.9 Å². The molecular formula is C18H25N5O2. The van der Waals surface area contributed by atoms with Crippen LogP contribution in [-0.2, 0) is 0 Å². The Morgan fingerprint density at radius 3 is 2.76 bits per heavy atom. The molecule has 25 heavy (non-hydrogen) atoms. The lowest BCUT2D eigenvalue weighted by molar-refractivity contribution is 0.0864. The molecule has 2 aromatic rings. The van der Waals surface area contributed by atoms with Crippen LogP contribution in [0.4, 0.5) is 0 Å². The van der Waals surface area contributed by atoms with E-state index in [0.29, 0.717) is 12.3 Å². The van der Waals surface area contributed by atoms with Gasteiger partial charge in [0.05, 0.1) is 0 Å². The Bertz CT molecular complexity index is 792. The van der Waals surface area contributed by atoms with Crippen LogP contribution in [0.2, 0.25) is 0 Å². The van der Waals surface area contributed by atoms with E-state index < -0.39 is 0 Å². The van der Waals surface area contributed by atoms with Crippen LogP contribution in [0.15, 0.2) is 18.2 Å². The van der Waals surface area contributed by atoms with Crippen molar-refractivity contribution in [3.05, 3.63) is 29.5 Å². The number of H-pyrrole nitrogens is 1. The van der Waals surface area contributed by atoms with Crippen LogP contribution < -0.4 is 10.5 Å². The first kappa shape index (κ1) is 17.3. The van der Waals surface area contributed by atoms with Gasteiger partial charge in [-0.15, -0.1) is 0 Å². The van der Waals surface area contributed by atoms with E-state index in [1.54, 1.807) is 6.07 Å². The Labute approximate surface area is 147 Å². The van der Waals surface area contributed by atoms with Gasteiger partial charge in [-0.1, -0.05) is 0 Å². The highest BCUT2D eigenvalue weighted by Gasteiger charge is 2.17. The molecule has 2 heterocycles. The lowest BCUT2D eigenvalue weighted by Gasteiger charge is -2.15. The number of hydrogen-bond donors (Lipinski definition) is 3. The third kappa shape index (κ3) is 3.76. The molecule has 1 fully saturated rings. The second-order valence-electron chi connectivity index (χ2n) is 6.53. The van der Waals surface area contributed by atoms with Crippen molar-refractivity contribution in [3.63, 3.8) is 0 Å². The Morgan fingerprint density at radius 1 is 1.36 bits per heavy atom. The summed E-state index contributed by atoms with van der Waals surface area (Å²) >= 11 is 0. The van der Waals surface area contributed by atoms with Gasteiger partial charge in [-0.2, -0.15) is 0 Å². The molecule has 1 saturated heterocycles. The zero-order valence-corrected chi connectivity index (χ0v) is 14.8. The van der Waals surface area contributed by atoms with Crippen molar-refractivity contribution in [1.29, 1.82) is 5.41 Å². The van der Waals surface area contributed by atoms with Gasteiger partial charge < -0.3 is 15.5 Å². The van der Waals surface area contributed by atoms with Gasteiger partial charge in [0.25, 0.3) is 5.91 Å². The second kappa shape index (κ2) is 7.14. The van der Waals surface area contributed by atoms with Crippen molar-refractivity contribution in [3.8, 4) is 5.75 Å². The fourth-order valence-electron chi connectivity index (χ4n) is 3.17. The van der Waals surface area contributed by atoms with Gasteiger partial charge >= 0.3 is 0 Å². The topological polar surface area (TPSA) is 98.4 Å². The third-order valence-electron chi connectivity index (χ3n) is 4.69. The van der Waals surface area contributed by atoms with E-state index in [9.17, 15) is 4.79 Å². The normalized spacial score (nSPS) is 14.8. The fraction of sp³-hybridized carbons (Fsp3) is 0.444. The quantitative estimate of drug-likeness (QED) is 0.570. The Kier molecular flexibility index (Phi) is 4.94. The zero-order valence-electron chi connectivity index (χ0n) is 14.8. The van der Waals surface area contributed by atoms with E-state index in [4.69, 9.17) is 15.9 Å². The van der Waals surface area contributed by atoms with Crippen molar-refractivity contribution < 1.29 is 9.53 Å². The monoisotopic (exact) mass is 343 g/mol. The predicted octanol–water partition coefficient (Wildman–Crippen LogP) is 1.92. The second-order valence-corrected chi connectivity index (χ2v) is 6.53. The molecule has 0 bridgehead atoms. The first-order valence-electron chi connectivity index (χ1n) is 8.56. The maximum absolute atomic E-state index is 12.3. The average Bonchev–Trinajstić information content (AvgIpc) is 3.23. The molecule has 0 unspecified atom stereocenters. The minimum absolute atomic E-state index is 0.286. The molecular weight excluding hydrogens is 318 g/mol. The lowest BCUT2D eigenvalue weighted by Crippen LogP contribution is -2.38. The first-order valence-corrected chi connectivity index (χ1v) is 8.56. The van der Waals surface area contributed by atoms with Gasteiger partial charge in [0, 0.05) is 30.6 Å². The molecule has 0 saturated carbocycles. The van der Waals surface area contributed by atoms with E-state index in [0.717, 1.165) is 46.8 Å². The number of nitrogens with one attached hydrogen (secondary N) is 2. The Balaban J connectivity index is 1.74. The summed E-state index contributed by atoms with van der Waals surface area (Å²) in [5.74, 6) is 0.177. The van der Waals surface area contributed by atoms with E-state index in [-0.39, 0.29) is 11.9 Å². The van der Waals surface area contributed by atoms with Crippen LogP contribution >= 0.6 is 0 Å². The molecule has 3 rings (SSSR count). The van der Waals surface area contributed by atoms with Crippen LogP contribution in [0.5, 0.6) is 5.75 Å². The molecule has 1 aliphatic heterocycles. The van der Waals surface area contributed by atoms with E-state index in [1.165, 1.54) is 19.9 Å². The summed E-state index contributed by atoms with van der Waals surface area (Å²) in [5, 5.41) is 8.35. The minimum Gasteiger partial charge on any atom is -0.492 e. The van der Waals surface area contributed by atoms with Crippen LogP contribution in [0.1, 0.15) is 28.9 Å². The predicted molar refractivity (Wildman–Crippen MR) is 98.2 cm³/mol. The van der Waals surface area contributed by atoms with Crippen molar-refractivity contribution in [2.45, 2.75) is 19.8 Å². The molecule has 0 aliphatic carbocycles. The van der Waals surface area contributed by atoms with Gasteiger partial charge in [0.2, 0.25) is 0 Å². The number of guanidine groups is 1. The van der Waals surface area contributed by atoms with Crippen LogP contribution in [0, 0.1) is 12.3 Å². The molecule has 0 radical (unpaired) electrons. The standard InChI is InChI=1S/C18H25N5O2/c1-12-9-13(25-8-7-23-5-3-4-6-23)10-15-14(12)11-16(21-15)17(24)22(2)18(19)20/h9-11,21H,3-8H2,1-2H3,(H3,19,20). The molecule has 1 aromatic carbocycles. The average molecular weight is 343 g/mol. The van der Waals surface area contributed by atoms with E-state index in [2.05, 4.69) is 9.88 Å². The summed E-state index contributed by atoms with van der Waals surface area (Å²) in [6.07, 6.45) is 2.55. The zero-order chi connectivity index (χ0) is 18.0. The number of likely N-dealkylation sites (tertiary alicyclic amines) is 1. The molecule has 7 heteroatoms. The molecule has 4 N–H and O–H groups in total. The number of nitrogens with two attached hydrogens (primary N) is 1. The van der Waals surface area contributed by atoms with Gasteiger partial charge in [-0.25, -0.2) is 0 Å². The van der Waals surface area contributed by atoms with Gasteiger partial charge in [0.1, 0.15) is 18.1 Å². The number of aromatic nitrogens is 1. The largest absolute Gasteiger partial charge is 0.492 e. The summed E-state index contributed by atoms with van der Waals surface area (Å²) in [6, 6.07) is 5.69. The summed E-state index contributed by atoms with van der Waals surface area (Å²) in [4.78, 5) is 18.9. The maximum atomic E-state index is 12.3. The number of aromatic amines is 1. The summed E-state index contributed by atoms with van der Waals surface area (Å²) in [5.41, 5.74) is 7.67. The smallest absolute Gasteiger partial charge is 0.276 e. The molecule has 1 aromatic heterocycles. The summed E-state index contributed by atoms with van der Waals surface area (Å²) in [7, 11) is 1.48. The Morgan fingerprint density at radius 2 is 2.08 bits per heavy atom. The van der Waals surface area contributed by atoms with Crippen LogP contribution in [0.3, 0.4) is 0 Å². The first-order chi connectivity index (χ1) is 12.0. The maximum Gasteiger partial charge on any atom is 0.276 e. The Hall–Kier alpha value is -2.54.